The molecule has 1 N–H and O–H groups in total. The maximum Gasteiger partial charge on any atom is 0.183 e. The zero-order chi connectivity index (χ0) is 21.5. The lowest BCUT2D eigenvalue weighted by Gasteiger charge is -2.34. The van der Waals surface area contributed by atoms with Crippen LogP contribution in [-0.4, -0.2) is 61.5 Å². The number of aliphatic hydroxyl groups is 1. The molecule has 2 aromatic heterocycles. The lowest BCUT2D eigenvalue weighted by molar-refractivity contribution is -0.0845. The van der Waals surface area contributed by atoms with Gasteiger partial charge in [-0.1, -0.05) is 29.8 Å². The Bertz CT molecular complexity index is 1260. The van der Waals surface area contributed by atoms with Gasteiger partial charge in [-0.25, -0.2) is 4.98 Å². The Morgan fingerprint density at radius 1 is 1.23 bits per heavy atom. The lowest BCUT2D eigenvalue weighted by Crippen LogP contribution is -2.46. The van der Waals surface area contributed by atoms with Crippen molar-refractivity contribution in [1.29, 1.82) is 0 Å². The van der Waals surface area contributed by atoms with E-state index in [1.807, 2.05) is 41.7 Å². The van der Waals surface area contributed by atoms with Crippen molar-refractivity contribution in [3.05, 3.63) is 58.7 Å². The van der Waals surface area contributed by atoms with Gasteiger partial charge in [0.1, 0.15) is 0 Å². The first kappa shape index (κ1) is 20.3. The Labute approximate surface area is 185 Å². The third kappa shape index (κ3) is 3.78. The van der Waals surface area contributed by atoms with Gasteiger partial charge in [-0.2, -0.15) is 0 Å². The molecule has 3 heterocycles. The fraction of sp³-hybridized carbons (Fsp3) is 0.348. The highest BCUT2D eigenvalue weighted by Crippen LogP contribution is 2.30. The third-order valence-corrected chi connectivity index (χ3v) is 6.12. The smallest absolute Gasteiger partial charge is 0.183 e. The summed E-state index contributed by atoms with van der Waals surface area (Å²) in [5.41, 5.74) is 5.36. The molecule has 8 heteroatoms. The van der Waals surface area contributed by atoms with Crippen LogP contribution in [0.25, 0.3) is 28.1 Å². The minimum Gasteiger partial charge on any atom is -0.391 e. The molecule has 160 valence electrons. The van der Waals surface area contributed by atoms with Gasteiger partial charge >= 0.3 is 0 Å². The molecule has 2 unspecified atom stereocenters. The number of rotatable bonds is 4. The van der Waals surface area contributed by atoms with Gasteiger partial charge < -0.3 is 9.84 Å². The molecule has 4 aromatic rings. The zero-order valence-electron chi connectivity index (χ0n) is 17.5. The molecule has 7 nitrogen and oxygen atoms in total. The van der Waals surface area contributed by atoms with E-state index in [4.69, 9.17) is 21.3 Å². The number of halogens is 1. The van der Waals surface area contributed by atoms with Crippen LogP contribution < -0.4 is 0 Å². The number of aryl methyl sites for hydroxylation is 1. The molecule has 5 rings (SSSR count). The van der Waals surface area contributed by atoms with E-state index >= 15 is 0 Å². The highest BCUT2D eigenvalue weighted by atomic mass is 35.5. The van der Waals surface area contributed by atoms with E-state index in [9.17, 15) is 5.11 Å². The minimum absolute atomic E-state index is 0.157. The van der Waals surface area contributed by atoms with Crippen molar-refractivity contribution in [2.24, 2.45) is 0 Å². The van der Waals surface area contributed by atoms with Crippen LogP contribution in [0.15, 0.2) is 42.5 Å². The molecular weight excluding hydrogens is 414 g/mol. The number of aliphatic hydroxyl groups excluding tert-OH is 1. The van der Waals surface area contributed by atoms with Crippen molar-refractivity contribution < 1.29 is 9.84 Å². The summed E-state index contributed by atoms with van der Waals surface area (Å²) in [5, 5.41) is 19.4. The molecule has 0 bridgehead atoms. The second-order valence-electron chi connectivity index (χ2n) is 8.07. The fourth-order valence-electron chi connectivity index (χ4n) is 4.16. The predicted octanol–water partition coefficient (Wildman–Crippen LogP) is 3.49. The number of hydrogen-bond acceptors (Lipinski definition) is 6. The molecule has 1 aliphatic rings. The first-order valence-electron chi connectivity index (χ1n) is 10.4. The van der Waals surface area contributed by atoms with Gasteiger partial charge in [-0.3, -0.25) is 9.30 Å². The average Bonchev–Trinajstić information content (AvgIpc) is 3.21. The maximum absolute atomic E-state index is 9.90. The number of ether oxygens (including phenoxy) is 1. The second-order valence-corrected chi connectivity index (χ2v) is 8.47. The molecule has 2 aromatic carbocycles. The normalized spacial score (nSPS) is 18.6. The van der Waals surface area contributed by atoms with Gasteiger partial charge in [0.15, 0.2) is 11.5 Å². The molecule has 0 radical (unpaired) electrons. The van der Waals surface area contributed by atoms with Crippen LogP contribution in [0.3, 0.4) is 0 Å². The van der Waals surface area contributed by atoms with Crippen molar-refractivity contribution in [2.75, 3.05) is 19.7 Å². The SMILES string of the molecule is Cc1nc2ccc(CN3CCOC(C(C)O)C3)cc2n2c(-c3ccccc3Cl)nnc12. The Balaban J connectivity index is 1.59. The standard InChI is InChI=1S/C23H24ClN5O2/c1-14-22-26-27-23(17-5-3-4-6-18(17)24)29(22)20-11-16(7-8-19(20)25-14)12-28-9-10-31-21(13-28)15(2)30/h3-8,11,15,21,30H,9-10,12-13H2,1-2H3. The summed E-state index contributed by atoms with van der Waals surface area (Å²) in [6.07, 6.45) is -0.642. The number of aromatic nitrogens is 4. The highest BCUT2D eigenvalue weighted by Gasteiger charge is 2.24. The first-order chi connectivity index (χ1) is 15.0. The van der Waals surface area contributed by atoms with Gasteiger partial charge in [0, 0.05) is 25.2 Å². The van der Waals surface area contributed by atoms with Crippen LogP contribution in [0.5, 0.6) is 0 Å². The average molecular weight is 438 g/mol. The van der Waals surface area contributed by atoms with Gasteiger partial charge in [0.2, 0.25) is 0 Å². The van der Waals surface area contributed by atoms with E-state index in [0.717, 1.165) is 46.6 Å². The fourth-order valence-corrected chi connectivity index (χ4v) is 4.38. The Morgan fingerprint density at radius 2 is 2.06 bits per heavy atom. The number of hydrogen-bond donors (Lipinski definition) is 1. The lowest BCUT2D eigenvalue weighted by atomic mass is 10.1. The summed E-state index contributed by atoms with van der Waals surface area (Å²) < 4.78 is 7.72. The van der Waals surface area contributed by atoms with Gasteiger partial charge in [0.25, 0.3) is 0 Å². The summed E-state index contributed by atoms with van der Waals surface area (Å²) in [6, 6.07) is 13.9. The Hall–Kier alpha value is -2.58. The molecule has 0 saturated carbocycles. The topological polar surface area (TPSA) is 75.8 Å². The number of fused-ring (bicyclic) bond motifs is 3. The molecule has 0 aliphatic carbocycles. The van der Waals surface area contributed by atoms with Crippen molar-refractivity contribution in [2.45, 2.75) is 32.6 Å². The van der Waals surface area contributed by atoms with E-state index in [2.05, 4.69) is 27.2 Å². The number of morpholine rings is 1. The largest absolute Gasteiger partial charge is 0.391 e. The molecule has 0 amide bonds. The predicted molar refractivity (Wildman–Crippen MR) is 120 cm³/mol. The van der Waals surface area contributed by atoms with Crippen molar-refractivity contribution in [1.82, 2.24) is 24.5 Å². The summed E-state index contributed by atoms with van der Waals surface area (Å²) in [5.74, 6) is 0.703. The molecular formula is C23H24ClN5O2. The molecule has 31 heavy (non-hydrogen) atoms. The Kier molecular flexibility index (Phi) is 5.35. The van der Waals surface area contributed by atoms with Crippen LogP contribution >= 0.6 is 11.6 Å². The summed E-state index contributed by atoms with van der Waals surface area (Å²) in [6.45, 7) is 6.64. The molecule has 0 spiro atoms. The summed E-state index contributed by atoms with van der Waals surface area (Å²) in [4.78, 5) is 7.04. The Morgan fingerprint density at radius 3 is 2.87 bits per heavy atom. The third-order valence-electron chi connectivity index (χ3n) is 5.79. The van der Waals surface area contributed by atoms with E-state index in [1.165, 1.54) is 0 Å². The number of nitrogens with zero attached hydrogens (tertiary/aromatic N) is 5. The van der Waals surface area contributed by atoms with Crippen LogP contribution in [0, 0.1) is 6.92 Å². The molecule has 1 aliphatic heterocycles. The van der Waals surface area contributed by atoms with Crippen LogP contribution in [0.4, 0.5) is 0 Å². The monoisotopic (exact) mass is 437 g/mol. The first-order valence-corrected chi connectivity index (χ1v) is 10.8. The zero-order valence-corrected chi connectivity index (χ0v) is 18.3. The van der Waals surface area contributed by atoms with E-state index in [-0.39, 0.29) is 6.10 Å². The highest BCUT2D eigenvalue weighted by molar-refractivity contribution is 6.33. The van der Waals surface area contributed by atoms with Crippen molar-refractivity contribution in [3.63, 3.8) is 0 Å². The van der Waals surface area contributed by atoms with Crippen LogP contribution in [0.2, 0.25) is 5.02 Å². The van der Waals surface area contributed by atoms with E-state index in [0.29, 0.717) is 24.0 Å². The molecule has 1 fully saturated rings. The minimum atomic E-state index is -0.485. The van der Waals surface area contributed by atoms with Crippen LogP contribution in [0.1, 0.15) is 18.2 Å². The summed E-state index contributed by atoms with van der Waals surface area (Å²) in [7, 11) is 0. The maximum atomic E-state index is 9.90. The van der Waals surface area contributed by atoms with Gasteiger partial charge in [-0.15, -0.1) is 10.2 Å². The molecule has 2 atom stereocenters. The van der Waals surface area contributed by atoms with Crippen molar-refractivity contribution in [3.8, 4) is 11.4 Å². The van der Waals surface area contributed by atoms with E-state index in [1.54, 1.807) is 6.92 Å². The summed E-state index contributed by atoms with van der Waals surface area (Å²) >= 11 is 6.47. The molecule has 1 saturated heterocycles. The van der Waals surface area contributed by atoms with Gasteiger partial charge in [-0.05, 0) is 43.7 Å². The second kappa shape index (κ2) is 8.16. The quantitative estimate of drug-likeness (QED) is 0.526. The number of benzene rings is 2. The van der Waals surface area contributed by atoms with Crippen LogP contribution in [-0.2, 0) is 11.3 Å². The van der Waals surface area contributed by atoms with Gasteiger partial charge in [0.05, 0.1) is 40.6 Å². The van der Waals surface area contributed by atoms with E-state index < -0.39 is 6.10 Å². The van der Waals surface area contributed by atoms with Crippen molar-refractivity contribution >= 4 is 28.3 Å².